The van der Waals surface area contributed by atoms with E-state index in [2.05, 4.69) is 28.4 Å². The van der Waals surface area contributed by atoms with E-state index in [0.717, 1.165) is 35.0 Å². The van der Waals surface area contributed by atoms with E-state index in [1.54, 1.807) is 11.3 Å². The van der Waals surface area contributed by atoms with Crippen LogP contribution in [0.3, 0.4) is 0 Å². The molecule has 2 aromatic rings. The quantitative estimate of drug-likeness (QED) is 0.805. The summed E-state index contributed by atoms with van der Waals surface area (Å²) in [7, 11) is 0. The van der Waals surface area contributed by atoms with Gasteiger partial charge in [0.1, 0.15) is 10.0 Å². The van der Waals surface area contributed by atoms with E-state index in [4.69, 9.17) is 16.3 Å². The fraction of sp³-hybridized carbons (Fsp3) is 0.385. The van der Waals surface area contributed by atoms with Crippen molar-refractivity contribution in [3.63, 3.8) is 0 Å². The second-order valence-electron chi connectivity index (χ2n) is 4.27. The number of nitrogens with zero attached hydrogens (tertiary/aromatic N) is 2. The summed E-state index contributed by atoms with van der Waals surface area (Å²) in [6.07, 6.45) is 1.86. The molecule has 0 fully saturated rings. The average molecular weight is 281 g/mol. The van der Waals surface area contributed by atoms with Crippen molar-refractivity contribution in [3.8, 4) is 10.6 Å². The van der Waals surface area contributed by atoms with Crippen LogP contribution in [-0.4, -0.2) is 16.1 Å². The van der Waals surface area contributed by atoms with Gasteiger partial charge in [-0.25, -0.2) is 0 Å². The van der Waals surface area contributed by atoms with Crippen LogP contribution < -0.4 is 0 Å². The number of benzene rings is 1. The van der Waals surface area contributed by atoms with Gasteiger partial charge in [0.15, 0.2) is 0 Å². The van der Waals surface area contributed by atoms with Crippen molar-refractivity contribution in [2.45, 2.75) is 26.1 Å². The van der Waals surface area contributed by atoms with Crippen LogP contribution in [0.4, 0.5) is 0 Å². The smallest absolute Gasteiger partial charge is 0.147 e. The molecule has 5 heteroatoms. The molecule has 1 aromatic carbocycles. The average Bonchev–Trinajstić information content (AvgIpc) is 3.04. The Morgan fingerprint density at radius 3 is 3.00 bits per heavy atom. The Morgan fingerprint density at radius 2 is 2.11 bits per heavy atom. The van der Waals surface area contributed by atoms with E-state index in [-0.39, 0.29) is 0 Å². The molecule has 0 amide bonds. The summed E-state index contributed by atoms with van der Waals surface area (Å²) in [4.78, 5) is 0. The summed E-state index contributed by atoms with van der Waals surface area (Å²) in [6.45, 7) is 1.44. The molecule has 0 saturated carbocycles. The lowest BCUT2D eigenvalue weighted by Gasteiger charge is -1.99. The van der Waals surface area contributed by atoms with Gasteiger partial charge < -0.3 is 4.74 Å². The fourth-order valence-electron chi connectivity index (χ4n) is 1.99. The van der Waals surface area contributed by atoms with Gasteiger partial charge in [-0.1, -0.05) is 23.5 Å². The molecule has 0 unspecified atom stereocenters. The van der Waals surface area contributed by atoms with Crippen LogP contribution in [0.5, 0.6) is 0 Å². The maximum atomic E-state index is 5.68. The zero-order chi connectivity index (χ0) is 12.4. The van der Waals surface area contributed by atoms with Gasteiger partial charge in [-0.15, -0.1) is 21.8 Å². The Bertz CT molecular complexity index is 556. The van der Waals surface area contributed by atoms with Gasteiger partial charge >= 0.3 is 0 Å². The number of ether oxygens (including phenoxy) is 1. The van der Waals surface area contributed by atoms with Crippen molar-refractivity contribution in [2.24, 2.45) is 0 Å². The first-order valence-corrected chi connectivity index (χ1v) is 7.30. The van der Waals surface area contributed by atoms with Crippen molar-refractivity contribution < 1.29 is 4.74 Å². The van der Waals surface area contributed by atoms with Gasteiger partial charge in [-0.2, -0.15) is 0 Å². The molecule has 94 valence electrons. The Morgan fingerprint density at radius 1 is 1.22 bits per heavy atom. The molecule has 1 aliphatic heterocycles. The van der Waals surface area contributed by atoms with E-state index in [1.165, 1.54) is 11.1 Å². The van der Waals surface area contributed by atoms with Gasteiger partial charge in [0.25, 0.3) is 0 Å². The molecule has 2 heterocycles. The highest BCUT2D eigenvalue weighted by Gasteiger charge is 2.13. The molecule has 0 N–H and O–H groups in total. The summed E-state index contributed by atoms with van der Waals surface area (Å²) in [5, 5.41) is 10.5. The third-order valence-electron chi connectivity index (χ3n) is 2.96. The summed E-state index contributed by atoms with van der Waals surface area (Å²) >= 11 is 7.33. The van der Waals surface area contributed by atoms with Crippen molar-refractivity contribution in [1.82, 2.24) is 10.2 Å². The fourth-order valence-corrected chi connectivity index (χ4v) is 3.01. The van der Waals surface area contributed by atoms with Crippen LogP contribution in [0.25, 0.3) is 10.6 Å². The highest BCUT2D eigenvalue weighted by Crippen LogP contribution is 2.29. The Balaban J connectivity index is 1.83. The first-order chi connectivity index (χ1) is 8.86. The number of halogens is 1. The predicted molar refractivity (Wildman–Crippen MR) is 72.9 cm³/mol. The van der Waals surface area contributed by atoms with E-state index < -0.39 is 0 Å². The zero-order valence-electron chi connectivity index (χ0n) is 9.86. The largest absolute Gasteiger partial charge is 0.372 e. The summed E-state index contributed by atoms with van der Waals surface area (Å²) in [5.74, 6) is 0.672. The van der Waals surface area contributed by atoms with Gasteiger partial charge in [-0.05, 0) is 23.6 Å². The minimum absolute atomic E-state index is 0.672. The second-order valence-corrected chi connectivity index (χ2v) is 5.71. The standard InChI is InChI=1S/C13H13ClN2OS/c14-5-1-2-12-15-16-13(18-12)9-3-4-10-7-17-8-11(10)6-9/h3-4,6H,1-2,5,7-8H2. The molecule has 3 nitrogen and oxygen atoms in total. The molecule has 1 aromatic heterocycles. The maximum absolute atomic E-state index is 5.68. The summed E-state index contributed by atoms with van der Waals surface area (Å²) in [6, 6.07) is 6.38. The van der Waals surface area contributed by atoms with Crippen LogP contribution in [-0.2, 0) is 24.4 Å². The number of hydrogen-bond acceptors (Lipinski definition) is 4. The zero-order valence-corrected chi connectivity index (χ0v) is 11.4. The third-order valence-corrected chi connectivity index (χ3v) is 4.26. The number of aryl methyl sites for hydroxylation is 1. The van der Waals surface area contributed by atoms with E-state index in [1.807, 2.05) is 0 Å². The van der Waals surface area contributed by atoms with Crippen LogP contribution in [0.1, 0.15) is 22.6 Å². The lowest BCUT2D eigenvalue weighted by Crippen LogP contribution is -1.84. The minimum atomic E-state index is 0.672. The monoisotopic (exact) mass is 280 g/mol. The first kappa shape index (κ1) is 12.1. The predicted octanol–water partition coefficient (Wildman–Crippen LogP) is 3.41. The third kappa shape index (κ3) is 2.41. The minimum Gasteiger partial charge on any atom is -0.372 e. The molecule has 0 atom stereocenters. The van der Waals surface area contributed by atoms with Crippen LogP contribution in [0, 0.1) is 0 Å². The molecule has 3 rings (SSSR count). The maximum Gasteiger partial charge on any atom is 0.147 e. The highest BCUT2D eigenvalue weighted by molar-refractivity contribution is 7.14. The van der Waals surface area contributed by atoms with E-state index in [9.17, 15) is 0 Å². The van der Waals surface area contributed by atoms with Gasteiger partial charge in [0, 0.05) is 17.9 Å². The van der Waals surface area contributed by atoms with Crippen LogP contribution >= 0.6 is 22.9 Å². The Labute approximate surface area is 115 Å². The lowest BCUT2D eigenvalue weighted by molar-refractivity contribution is 0.134. The normalized spacial score (nSPS) is 13.8. The number of alkyl halides is 1. The SMILES string of the molecule is ClCCCc1nnc(-c2ccc3c(c2)COC3)s1. The number of hydrogen-bond donors (Lipinski definition) is 0. The van der Waals surface area contributed by atoms with Crippen molar-refractivity contribution in [2.75, 3.05) is 5.88 Å². The Kier molecular flexibility index (Phi) is 3.59. The molecule has 0 spiro atoms. The van der Waals surface area contributed by atoms with E-state index >= 15 is 0 Å². The molecule has 0 aliphatic carbocycles. The van der Waals surface area contributed by atoms with Crippen molar-refractivity contribution in [1.29, 1.82) is 0 Å². The topological polar surface area (TPSA) is 35.0 Å². The van der Waals surface area contributed by atoms with Crippen LogP contribution in [0.15, 0.2) is 18.2 Å². The molecule has 18 heavy (non-hydrogen) atoms. The summed E-state index contributed by atoms with van der Waals surface area (Å²) < 4.78 is 5.42. The van der Waals surface area contributed by atoms with Gasteiger partial charge in [0.2, 0.25) is 0 Å². The number of fused-ring (bicyclic) bond motifs is 1. The van der Waals surface area contributed by atoms with Gasteiger partial charge in [-0.3, -0.25) is 0 Å². The molecule has 1 aliphatic rings. The molecular formula is C13H13ClN2OS. The van der Waals surface area contributed by atoms with Crippen molar-refractivity contribution in [3.05, 3.63) is 34.3 Å². The molecular weight excluding hydrogens is 268 g/mol. The highest BCUT2D eigenvalue weighted by atomic mass is 35.5. The van der Waals surface area contributed by atoms with Crippen molar-refractivity contribution >= 4 is 22.9 Å². The van der Waals surface area contributed by atoms with E-state index in [0.29, 0.717) is 12.5 Å². The summed E-state index contributed by atoms with van der Waals surface area (Å²) in [5.41, 5.74) is 3.68. The molecule has 0 saturated heterocycles. The first-order valence-electron chi connectivity index (χ1n) is 5.95. The second kappa shape index (κ2) is 5.34. The van der Waals surface area contributed by atoms with Gasteiger partial charge in [0.05, 0.1) is 13.2 Å². The number of rotatable bonds is 4. The molecule has 0 bridgehead atoms. The number of aromatic nitrogens is 2. The lowest BCUT2D eigenvalue weighted by atomic mass is 10.1. The molecule has 0 radical (unpaired) electrons. The van der Waals surface area contributed by atoms with Crippen LogP contribution in [0.2, 0.25) is 0 Å². The Hall–Kier alpha value is -0.970.